The Balaban J connectivity index is 1.43. The van der Waals surface area contributed by atoms with Crippen LogP contribution in [0.4, 0.5) is 14.6 Å². The fraction of sp³-hybridized carbons (Fsp3) is 0.400. The molecule has 2 amide bonds. The number of carbonyl (C=O) groups excluding carboxylic acids is 2. The lowest BCUT2D eigenvalue weighted by atomic mass is 9.87. The van der Waals surface area contributed by atoms with Crippen molar-refractivity contribution in [2.45, 2.75) is 51.2 Å². The van der Waals surface area contributed by atoms with Gasteiger partial charge in [0.1, 0.15) is 11.4 Å². The SMILES string of the molecule is C[C@@H](N1CC[C@@]2(C1=O)c1ccc(F)cc1C(=O)N2Cc1cc2nc(N)c(F)cc2[nH]1)C1(C)CC1. The van der Waals surface area contributed by atoms with E-state index in [9.17, 15) is 18.4 Å². The van der Waals surface area contributed by atoms with Crippen LogP contribution >= 0.6 is 0 Å². The van der Waals surface area contributed by atoms with E-state index >= 15 is 0 Å². The summed E-state index contributed by atoms with van der Waals surface area (Å²) in [5, 5.41) is 0. The van der Waals surface area contributed by atoms with Crippen LogP contribution < -0.4 is 5.73 Å². The highest BCUT2D eigenvalue weighted by Gasteiger charge is 2.61. The Hall–Kier alpha value is -3.49. The molecule has 1 saturated heterocycles. The van der Waals surface area contributed by atoms with E-state index in [-0.39, 0.29) is 35.3 Å². The van der Waals surface area contributed by atoms with Crippen molar-refractivity contribution in [2.75, 3.05) is 12.3 Å². The van der Waals surface area contributed by atoms with Crippen molar-refractivity contribution in [1.82, 2.24) is 19.8 Å². The molecule has 0 radical (unpaired) electrons. The number of benzene rings is 1. The maximum atomic E-state index is 14.1. The molecular weight excluding hydrogens is 440 g/mol. The van der Waals surface area contributed by atoms with Crippen LogP contribution in [0, 0.1) is 17.0 Å². The van der Waals surface area contributed by atoms with Gasteiger partial charge in [0.2, 0.25) is 0 Å². The first-order valence-electron chi connectivity index (χ1n) is 11.5. The van der Waals surface area contributed by atoms with Gasteiger partial charge in [0.15, 0.2) is 11.6 Å². The number of halogens is 2. The molecule has 3 aromatic rings. The first kappa shape index (κ1) is 21.1. The summed E-state index contributed by atoms with van der Waals surface area (Å²) >= 11 is 0. The fourth-order valence-electron chi connectivity index (χ4n) is 5.67. The summed E-state index contributed by atoms with van der Waals surface area (Å²) in [5.74, 6) is -1.89. The molecule has 176 valence electrons. The number of likely N-dealkylation sites (tertiary alicyclic amines) is 1. The Labute approximate surface area is 194 Å². The van der Waals surface area contributed by atoms with Crippen LogP contribution in [-0.2, 0) is 16.9 Å². The molecule has 3 N–H and O–H groups in total. The molecule has 2 aromatic heterocycles. The third-order valence-corrected chi connectivity index (χ3v) is 8.17. The largest absolute Gasteiger partial charge is 0.381 e. The maximum absolute atomic E-state index is 14.1. The van der Waals surface area contributed by atoms with E-state index in [1.54, 1.807) is 12.1 Å². The number of hydrogen-bond donors (Lipinski definition) is 2. The second-order valence-electron chi connectivity index (χ2n) is 10.1. The number of pyridine rings is 1. The number of nitrogens with two attached hydrogens (primary N) is 1. The van der Waals surface area contributed by atoms with Crippen molar-refractivity contribution < 1.29 is 18.4 Å². The summed E-state index contributed by atoms with van der Waals surface area (Å²) in [5.41, 5.74) is 6.74. The molecule has 2 atom stereocenters. The molecule has 2 fully saturated rings. The molecule has 1 saturated carbocycles. The summed E-state index contributed by atoms with van der Waals surface area (Å²) in [6.45, 7) is 4.84. The molecule has 0 unspecified atom stereocenters. The number of nitrogen functional groups attached to an aromatic ring is 1. The van der Waals surface area contributed by atoms with Gasteiger partial charge in [0.25, 0.3) is 11.8 Å². The summed E-state index contributed by atoms with van der Waals surface area (Å²) < 4.78 is 28.0. The number of fused-ring (bicyclic) bond motifs is 3. The maximum Gasteiger partial charge on any atom is 0.255 e. The number of aromatic amines is 1. The van der Waals surface area contributed by atoms with Gasteiger partial charge in [-0.3, -0.25) is 9.59 Å². The molecule has 34 heavy (non-hydrogen) atoms. The molecule has 2 aliphatic heterocycles. The topological polar surface area (TPSA) is 95.3 Å². The van der Waals surface area contributed by atoms with Gasteiger partial charge >= 0.3 is 0 Å². The van der Waals surface area contributed by atoms with Gasteiger partial charge in [0.05, 0.1) is 17.6 Å². The van der Waals surface area contributed by atoms with Gasteiger partial charge in [-0.2, -0.15) is 0 Å². The molecule has 6 rings (SSSR count). The Kier molecular flexibility index (Phi) is 4.20. The van der Waals surface area contributed by atoms with Crippen molar-refractivity contribution >= 4 is 28.7 Å². The number of aromatic nitrogens is 2. The summed E-state index contributed by atoms with van der Waals surface area (Å²) in [6.07, 6.45) is 2.56. The predicted molar refractivity (Wildman–Crippen MR) is 122 cm³/mol. The van der Waals surface area contributed by atoms with E-state index in [1.165, 1.54) is 23.1 Å². The number of hydrogen-bond acceptors (Lipinski definition) is 4. The van der Waals surface area contributed by atoms with E-state index < -0.39 is 23.1 Å². The minimum Gasteiger partial charge on any atom is -0.381 e. The Morgan fingerprint density at radius 2 is 1.94 bits per heavy atom. The average molecular weight is 466 g/mol. The number of anilines is 1. The highest BCUT2D eigenvalue weighted by atomic mass is 19.1. The smallest absolute Gasteiger partial charge is 0.255 e. The lowest BCUT2D eigenvalue weighted by Crippen LogP contribution is -2.51. The van der Waals surface area contributed by atoms with E-state index in [0.717, 1.165) is 12.8 Å². The predicted octanol–water partition coefficient (Wildman–Crippen LogP) is 3.70. The third-order valence-electron chi connectivity index (χ3n) is 8.17. The normalized spacial score (nSPS) is 23.9. The lowest BCUT2D eigenvalue weighted by Gasteiger charge is -2.36. The van der Waals surface area contributed by atoms with Crippen LogP contribution in [0.25, 0.3) is 11.0 Å². The Bertz CT molecular complexity index is 1340. The zero-order valence-corrected chi connectivity index (χ0v) is 19.0. The minimum atomic E-state index is -1.20. The molecule has 1 spiro atoms. The highest BCUT2D eigenvalue weighted by Crippen LogP contribution is 2.54. The third kappa shape index (κ3) is 2.75. The number of carbonyl (C=O) groups is 2. The molecule has 0 bridgehead atoms. The molecule has 7 nitrogen and oxygen atoms in total. The van der Waals surface area contributed by atoms with E-state index in [2.05, 4.69) is 23.8 Å². The van der Waals surface area contributed by atoms with E-state index in [4.69, 9.17) is 5.73 Å². The molecule has 3 aliphatic rings. The van der Waals surface area contributed by atoms with Gasteiger partial charge < -0.3 is 20.5 Å². The van der Waals surface area contributed by atoms with Crippen LogP contribution in [0.15, 0.2) is 30.3 Å². The van der Waals surface area contributed by atoms with Crippen molar-refractivity contribution in [1.29, 1.82) is 0 Å². The molecular formula is C25H25F2N5O2. The average Bonchev–Trinajstić information content (AvgIpc) is 3.20. The number of nitrogens with zero attached hydrogens (tertiary/aromatic N) is 3. The van der Waals surface area contributed by atoms with Crippen molar-refractivity contribution in [3.05, 3.63) is 58.8 Å². The van der Waals surface area contributed by atoms with Crippen LogP contribution in [0.2, 0.25) is 0 Å². The Morgan fingerprint density at radius 3 is 2.68 bits per heavy atom. The zero-order valence-electron chi connectivity index (χ0n) is 19.0. The number of amides is 2. The van der Waals surface area contributed by atoms with Crippen LogP contribution in [0.3, 0.4) is 0 Å². The van der Waals surface area contributed by atoms with E-state index in [0.29, 0.717) is 35.3 Å². The second-order valence-corrected chi connectivity index (χ2v) is 10.1. The molecule has 9 heteroatoms. The monoisotopic (exact) mass is 465 g/mol. The fourth-order valence-corrected chi connectivity index (χ4v) is 5.67. The highest BCUT2D eigenvalue weighted by molar-refractivity contribution is 6.07. The minimum absolute atomic E-state index is 0.0454. The first-order chi connectivity index (χ1) is 16.1. The summed E-state index contributed by atoms with van der Waals surface area (Å²) in [6, 6.07) is 7.08. The number of H-pyrrole nitrogens is 1. The van der Waals surface area contributed by atoms with Crippen molar-refractivity contribution in [3.63, 3.8) is 0 Å². The van der Waals surface area contributed by atoms with E-state index in [1.807, 2.05) is 4.90 Å². The van der Waals surface area contributed by atoms with Gasteiger partial charge in [-0.05, 0) is 43.4 Å². The van der Waals surface area contributed by atoms with Gasteiger partial charge in [-0.1, -0.05) is 13.0 Å². The Morgan fingerprint density at radius 1 is 1.18 bits per heavy atom. The van der Waals surface area contributed by atoms with Gasteiger partial charge in [-0.15, -0.1) is 0 Å². The van der Waals surface area contributed by atoms with Crippen LogP contribution in [0.5, 0.6) is 0 Å². The summed E-state index contributed by atoms with van der Waals surface area (Å²) in [7, 11) is 0. The zero-order chi connectivity index (χ0) is 24.0. The standard InChI is InChI=1S/C25H25F2N5O2/c1-13(24(2)5-6-24)31-8-7-25(23(31)34)17-4-3-14(26)9-16(17)22(33)32(25)12-15-10-19-20(29-15)11-18(27)21(28)30-19/h3-4,9-11,13,29H,5-8,12H2,1-2H3,(H2,28,30)/t13-,25+/m1/s1. The van der Waals surface area contributed by atoms with Gasteiger partial charge in [-0.25, -0.2) is 13.8 Å². The number of rotatable bonds is 4. The van der Waals surface area contributed by atoms with Crippen molar-refractivity contribution in [3.8, 4) is 0 Å². The first-order valence-corrected chi connectivity index (χ1v) is 11.5. The summed E-state index contributed by atoms with van der Waals surface area (Å²) in [4.78, 5) is 38.2. The number of nitrogens with one attached hydrogen (secondary N) is 1. The van der Waals surface area contributed by atoms with Crippen LogP contribution in [-0.4, -0.2) is 44.2 Å². The quantitative estimate of drug-likeness (QED) is 0.614. The molecule has 1 aromatic carbocycles. The molecule has 4 heterocycles. The van der Waals surface area contributed by atoms with Crippen molar-refractivity contribution in [2.24, 2.45) is 5.41 Å². The van der Waals surface area contributed by atoms with Crippen LogP contribution in [0.1, 0.15) is 54.7 Å². The second kappa shape index (κ2) is 6.77. The lowest BCUT2D eigenvalue weighted by molar-refractivity contribution is -0.140. The van der Waals surface area contributed by atoms with Gasteiger partial charge in [0, 0.05) is 41.9 Å². The molecule has 1 aliphatic carbocycles.